The molecule has 0 bridgehead atoms. The summed E-state index contributed by atoms with van der Waals surface area (Å²) >= 11 is 0. The van der Waals surface area contributed by atoms with Gasteiger partial charge in [-0.15, -0.1) is 0 Å². The minimum Gasteiger partial charge on any atom is -0.495 e. The molecule has 1 heterocycles. The molecule has 25 heavy (non-hydrogen) atoms. The van der Waals surface area contributed by atoms with Crippen LogP contribution in [0.2, 0.25) is 0 Å². The second kappa shape index (κ2) is 6.84. The quantitative estimate of drug-likeness (QED) is 0.933. The topological polar surface area (TPSA) is 67.9 Å². The molecule has 1 aliphatic rings. The number of nitrogens with zero attached hydrogens (tertiary/aromatic N) is 1. The lowest BCUT2D eigenvalue weighted by atomic mass is 10.1. The summed E-state index contributed by atoms with van der Waals surface area (Å²) in [5.41, 5.74) is 2.24. The molecule has 1 atom stereocenters. The van der Waals surface area contributed by atoms with Crippen LogP contribution in [0.25, 0.3) is 0 Å². The summed E-state index contributed by atoms with van der Waals surface area (Å²) in [4.78, 5) is 26.2. The van der Waals surface area contributed by atoms with E-state index in [1.54, 1.807) is 36.3 Å². The zero-order valence-electron chi connectivity index (χ0n) is 14.4. The highest BCUT2D eigenvalue weighted by Crippen LogP contribution is 2.34. The Bertz CT molecular complexity index is 819. The summed E-state index contributed by atoms with van der Waals surface area (Å²) in [5.74, 6) is 0.616. The smallest absolute Gasteiger partial charge is 0.267 e. The van der Waals surface area contributed by atoms with Gasteiger partial charge in [0, 0.05) is 6.92 Å². The molecule has 2 aromatic rings. The minimum atomic E-state index is -0.802. The van der Waals surface area contributed by atoms with Crippen molar-refractivity contribution in [2.45, 2.75) is 20.0 Å². The number of hydrogen-bond donors (Lipinski definition) is 1. The molecule has 0 spiro atoms. The number of benzene rings is 2. The first-order valence-corrected chi connectivity index (χ1v) is 7.99. The molecule has 130 valence electrons. The van der Waals surface area contributed by atoms with Crippen molar-refractivity contribution in [3.05, 3.63) is 48.0 Å². The van der Waals surface area contributed by atoms with Gasteiger partial charge in [-0.2, -0.15) is 0 Å². The number of ether oxygens (including phenoxy) is 2. The van der Waals surface area contributed by atoms with Gasteiger partial charge in [-0.3, -0.25) is 9.59 Å². The molecule has 0 aliphatic carbocycles. The molecule has 0 unspecified atom stereocenters. The molecule has 1 N–H and O–H groups in total. The van der Waals surface area contributed by atoms with E-state index >= 15 is 0 Å². The van der Waals surface area contributed by atoms with Crippen molar-refractivity contribution in [3.63, 3.8) is 0 Å². The number of carbonyl (C=O) groups excluding carboxylic acids is 2. The summed E-state index contributed by atoms with van der Waals surface area (Å²) in [6.07, 6.45) is -0.802. The van der Waals surface area contributed by atoms with Crippen molar-refractivity contribution >= 4 is 23.2 Å². The number of amides is 2. The van der Waals surface area contributed by atoms with Crippen LogP contribution < -0.4 is 19.7 Å². The third-order valence-corrected chi connectivity index (χ3v) is 4.06. The Balaban J connectivity index is 1.84. The van der Waals surface area contributed by atoms with E-state index in [0.29, 0.717) is 22.9 Å². The summed E-state index contributed by atoms with van der Waals surface area (Å²) in [7, 11) is 1.55. The van der Waals surface area contributed by atoms with Gasteiger partial charge >= 0.3 is 0 Å². The Morgan fingerprint density at radius 1 is 1.24 bits per heavy atom. The summed E-state index contributed by atoms with van der Waals surface area (Å²) in [6.45, 7) is 3.56. The summed E-state index contributed by atoms with van der Waals surface area (Å²) in [6, 6.07) is 12.7. The number of rotatable bonds is 3. The average molecular weight is 340 g/mol. The number of methoxy groups -OCH3 is 1. The van der Waals surface area contributed by atoms with Gasteiger partial charge in [-0.1, -0.05) is 18.2 Å². The first-order valence-electron chi connectivity index (χ1n) is 7.99. The van der Waals surface area contributed by atoms with Gasteiger partial charge in [0.05, 0.1) is 25.0 Å². The van der Waals surface area contributed by atoms with Gasteiger partial charge in [0.2, 0.25) is 5.91 Å². The van der Waals surface area contributed by atoms with Gasteiger partial charge in [-0.25, -0.2) is 0 Å². The van der Waals surface area contributed by atoms with Crippen LogP contribution in [-0.4, -0.2) is 31.6 Å². The highest BCUT2D eigenvalue weighted by molar-refractivity contribution is 6.00. The molecular weight excluding hydrogens is 320 g/mol. The Labute approximate surface area is 146 Å². The van der Waals surface area contributed by atoms with Crippen molar-refractivity contribution in [3.8, 4) is 11.5 Å². The summed E-state index contributed by atoms with van der Waals surface area (Å²) < 4.78 is 11.1. The second-order valence-electron chi connectivity index (χ2n) is 5.90. The second-order valence-corrected chi connectivity index (χ2v) is 5.90. The Morgan fingerprint density at radius 3 is 2.72 bits per heavy atom. The number of carbonyl (C=O) groups is 2. The average Bonchev–Trinajstić information content (AvgIpc) is 2.60. The van der Waals surface area contributed by atoms with E-state index < -0.39 is 6.10 Å². The van der Waals surface area contributed by atoms with Gasteiger partial charge in [-0.05, 0) is 36.8 Å². The van der Waals surface area contributed by atoms with E-state index in [4.69, 9.17) is 9.47 Å². The third-order valence-electron chi connectivity index (χ3n) is 4.06. The predicted molar refractivity (Wildman–Crippen MR) is 95.2 cm³/mol. The fourth-order valence-corrected chi connectivity index (χ4v) is 2.80. The lowest BCUT2D eigenvalue weighted by molar-refractivity contribution is -0.123. The molecule has 0 radical (unpaired) electrons. The zero-order chi connectivity index (χ0) is 18.0. The zero-order valence-corrected chi connectivity index (χ0v) is 14.4. The number of aryl methyl sites for hydroxylation is 1. The fraction of sp³-hybridized carbons (Fsp3) is 0.263. The maximum absolute atomic E-state index is 12.7. The molecule has 1 aliphatic heterocycles. The number of anilines is 2. The fourth-order valence-electron chi connectivity index (χ4n) is 2.80. The van der Waals surface area contributed by atoms with Crippen LogP contribution in [0.3, 0.4) is 0 Å². The summed E-state index contributed by atoms with van der Waals surface area (Å²) in [5, 5.41) is 2.84. The molecule has 2 aromatic carbocycles. The van der Waals surface area contributed by atoms with E-state index in [9.17, 15) is 9.59 Å². The first kappa shape index (κ1) is 16.8. The highest BCUT2D eigenvalue weighted by atomic mass is 16.5. The Morgan fingerprint density at radius 2 is 2.00 bits per heavy atom. The van der Waals surface area contributed by atoms with Crippen LogP contribution in [0.4, 0.5) is 11.4 Å². The maximum atomic E-state index is 12.7. The van der Waals surface area contributed by atoms with E-state index in [2.05, 4.69) is 5.32 Å². The van der Waals surface area contributed by atoms with Gasteiger partial charge in [0.25, 0.3) is 5.91 Å². The van der Waals surface area contributed by atoms with Crippen molar-refractivity contribution in [1.82, 2.24) is 0 Å². The third kappa shape index (κ3) is 3.42. The lowest BCUT2D eigenvalue weighted by Gasteiger charge is -2.33. The first-order chi connectivity index (χ1) is 12.0. The molecule has 0 fully saturated rings. The van der Waals surface area contributed by atoms with Crippen LogP contribution in [-0.2, 0) is 9.59 Å². The number of para-hydroxylation sites is 2. The van der Waals surface area contributed by atoms with Crippen molar-refractivity contribution in [2.75, 3.05) is 23.9 Å². The van der Waals surface area contributed by atoms with Crippen molar-refractivity contribution in [2.24, 2.45) is 0 Å². The van der Waals surface area contributed by atoms with Crippen LogP contribution in [0.5, 0.6) is 11.5 Å². The molecule has 6 heteroatoms. The van der Waals surface area contributed by atoms with Crippen LogP contribution in [0, 0.1) is 6.92 Å². The van der Waals surface area contributed by atoms with Gasteiger partial charge in [0.15, 0.2) is 6.10 Å². The molecular formula is C19H20N2O4. The molecule has 0 saturated carbocycles. The van der Waals surface area contributed by atoms with Crippen LogP contribution in [0.1, 0.15) is 12.5 Å². The Hall–Kier alpha value is -3.02. The van der Waals surface area contributed by atoms with E-state index in [-0.39, 0.29) is 18.4 Å². The van der Waals surface area contributed by atoms with E-state index in [0.717, 1.165) is 5.56 Å². The van der Waals surface area contributed by atoms with E-state index in [1.165, 1.54) is 6.92 Å². The predicted octanol–water partition coefficient (Wildman–Crippen LogP) is 2.76. The standard InChI is InChI=1S/C19H20N2O4/c1-12-8-9-16(24-3)14(10-12)20-19(23)18-11-21(13(2)22)15-6-4-5-7-17(15)25-18/h4-10,18H,11H2,1-3H3,(H,20,23)/t18-/m0/s1. The SMILES string of the molecule is COc1ccc(C)cc1NC(=O)[C@@H]1CN(C(C)=O)c2ccccc2O1. The highest BCUT2D eigenvalue weighted by Gasteiger charge is 2.32. The van der Waals surface area contributed by atoms with E-state index in [1.807, 2.05) is 25.1 Å². The molecule has 2 amide bonds. The minimum absolute atomic E-state index is 0.137. The van der Waals surface area contributed by atoms with Gasteiger partial charge in [0.1, 0.15) is 11.5 Å². The van der Waals surface area contributed by atoms with Crippen molar-refractivity contribution in [1.29, 1.82) is 0 Å². The van der Waals surface area contributed by atoms with Crippen LogP contribution >= 0.6 is 0 Å². The largest absolute Gasteiger partial charge is 0.495 e. The lowest BCUT2D eigenvalue weighted by Crippen LogP contribution is -2.48. The molecule has 0 saturated heterocycles. The number of nitrogens with one attached hydrogen (secondary N) is 1. The number of fused-ring (bicyclic) bond motifs is 1. The van der Waals surface area contributed by atoms with Crippen LogP contribution in [0.15, 0.2) is 42.5 Å². The maximum Gasteiger partial charge on any atom is 0.267 e. The Kier molecular flexibility index (Phi) is 4.61. The molecule has 3 rings (SSSR count). The monoisotopic (exact) mass is 340 g/mol. The molecule has 6 nitrogen and oxygen atoms in total. The molecule has 0 aromatic heterocycles. The van der Waals surface area contributed by atoms with Gasteiger partial charge < -0.3 is 19.7 Å². The number of hydrogen-bond acceptors (Lipinski definition) is 4. The normalized spacial score (nSPS) is 15.8. The van der Waals surface area contributed by atoms with Crippen molar-refractivity contribution < 1.29 is 19.1 Å².